The zero-order valence-corrected chi connectivity index (χ0v) is 12.2. The Balaban J connectivity index is 2.57. The fourth-order valence-electron chi connectivity index (χ4n) is 2.82. The van der Waals surface area contributed by atoms with E-state index in [2.05, 4.69) is 37.6 Å². The largest absolute Gasteiger partial charge is 0.329 e. The van der Waals surface area contributed by atoms with Crippen molar-refractivity contribution in [2.75, 3.05) is 39.8 Å². The molecule has 1 aliphatic rings. The fraction of sp³-hybridized carbons (Fsp3) is 1.00. The van der Waals surface area contributed by atoms with E-state index in [1.807, 2.05) is 0 Å². The molecule has 17 heavy (non-hydrogen) atoms. The molecule has 0 amide bonds. The highest BCUT2D eigenvalue weighted by molar-refractivity contribution is 4.95. The molecule has 0 saturated carbocycles. The van der Waals surface area contributed by atoms with Crippen molar-refractivity contribution < 1.29 is 0 Å². The summed E-state index contributed by atoms with van der Waals surface area (Å²) in [6, 6.07) is 0. The molecule has 102 valence electrons. The molecule has 0 bridgehead atoms. The third-order valence-corrected chi connectivity index (χ3v) is 4.71. The number of piperidine rings is 1. The summed E-state index contributed by atoms with van der Waals surface area (Å²) in [5, 5.41) is 0. The summed E-state index contributed by atoms with van der Waals surface area (Å²) in [6.07, 6.45) is 3.71. The second-order valence-corrected chi connectivity index (χ2v) is 5.76. The first-order valence-electron chi connectivity index (χ1n) is 7.21. The lowest BCUT2D eigenvalue weighted by Crippen LogP contribution is -2.58. The lowest BCUT2D eigenvalue weighted by atomic mass is 9.85. The van der Waals surface area contributed by atoms with Crippen LogP contribution in [-0.4, -0.2) is 55.1 Å². The molecule has 1 atom stereocenters. The second kappa shape index (κ2) is 6.72. The molecule has 1 fully saturated rings. The number of rotatable bonds is 6. The molecule has 0 aromatic carbocycles. The minimum absolute atomic E-state index is 0.259. The van der Waals surface area contributed by atoms with Gasteiger partial charge < -0.3 is 10.6 Å². The van der Waals surface area contributed by atoms with Gasteiger partial charge in [-0.1, -0.05) is 27.2 Å². The van der Waals surface area contributed by atoms with Gasteiger partial charge in [-0.05, 0) is 45.4 Å². The summed E-state index contributed by atoms with van der Waals surface area (Å²) in [4.78, 5) is 5.07. The van der Waals surface area contributed by atoms with E-state index in [0.717, 1.165) is 12.5 Å². The van der Waals surface area contributed by atoms with Gasteiger partial charge in [-0.3, -0.25) is 4.90 Å². The van der Waals surface area contributed by atoms with Gasteiger partial charge in [-0.2, -0.15) is 0 Å². The highest BCUT2D eigenvalue weighted by atomic mass is 15.2. The average molecular weight is 241 g/mol. The molecule has 0 radical (unpaired) electrons. The highest BCUT2D eigenvalue weighted by Crippen LogP contribution is 2.27. The summed E-state index contributed by atoms with van der Waals surface area (Å²) in [7, 11) is 2.26. The Labute approximate surface area is 107 Å². The van der Waals surface area contributed by atoms with Crippen LogP contribution in [0.1, 0.15) is 40.0 Å². The van der Waals surface area contributed by atoms with E-state index in [1.54, 1.807) is 0 Å². The maximum Gasteiger partial charge on any atom is 0.0353 e. The lowest BCUT2D eigenvalue weighted by molar-refractivity contribution is 0.0380. The predicted octanol–water partition coefficient (Wildman–Crippen LogP) is 1.78. The van der Waals surface area contributed by atoms with E-state index in [9.17, 15) is 0 Å². The van der Waals surface area contributed by atoms with E-state index in [-0.39, 0.29) is 5.54 Å². The van der Waals surface area contributed by atoms with Crippen LogP contribution in [0.5, 0.6) is 0 Å². The molecule has 0 aromatic heterocycles. The predicted molar refractivity (Wildman–Crippen MR) is 75.2 cm³/mol. The molecule has 0 aliphatic carbocycles. The Morgan fingerprint density at radius 2 is 1.88 bits per heavy atom. The van der Waals surface area contributed by atoms with Crippen molar-refractivity contribution in [1.82, 2.24) is 9.80 Å². The van der Waals surface area contributed by atoms with Crippen molar-refractivity contribution in [2.24, 2.45) is 11.7 Å². The number of hydrogen-bond donors (Lipinski definition) is 1. The third kappa shape index (κ3) is 3.67. The Morgan fingerprint density at radius 1 is 1.29 bits per heavy atom. The monoisotopic (exact) mass is 241 g/mol. The van der Waals surface area contributed by atoms with Gasteiger partial charge >= 0.3 is 0 Å². The molecule has 0 spiro atoms. The first kappa shape index (κ1) is 14.9. The molecule has 1 saturated heterocycles. The Kier molecular flexibility index (Phi) is 5.90. The maximum atomic E-state index is 6.08. The number of likely N-dealkylation sites (tertiary alicyclic amines) is 1. The normalized spacial score (nSPS) is 22.9. The molecule has 3 heteroatoms. The Bertz CT molecular complexity index is 210. The van der Waals surface area contributed by atoms with Crippen molar-refractivity contribution in [3.63, 3.8) is 0 Å². The van der Waals surface area contributed by atoms with Gasteiger partial charge in [0.1, 0.15) is 0 Å². The summed E-state index contributed by atoms with van der Waals surface area (Å²) in [5.74, 6) is 0.771. The van der Waals surface area contributed by atoms with Crippen LogP contribution in [0, 0.1) is 5.92 Å². The molecule has 2 N–H and O–H groups in total. The zero-order chi connectivity index (χ0) is 12.9. The standard InChI is InChI=1S/C14H31N3/c1-5-13(3)11-16(4)14(12-15)7-9-17(6-2)10-8-14/h13H,5-12,15H2,1-4H3. The Morgan fingerprint density at radius 3 is 2.29 bits per heavy atom. The zero-order valence-electron chi connectivity index (χ0n) is 12.2. The fourth-order valence-corrected chi connectivity index (χ4v) is 2.82. The van der Waals surface area contributed by atoms with E-state index in [4.69, 9.17) is 5.73 Å². The highest BCUT2D eigenvalue weighted by Gasteiger charge is 2.36. The molecular weight excluding hydrogens is 210 g/mol. The van der Waals surface area contributed by atoms with Gasteiger partial charge in [0.15, 0.2) is 0 Å². The van der Waals surface area contributed by atoms with Crippen LogP contribution in [0.3, 0.4) is 0 Å². The second-order valence-electron chi connectivity index (χ2n) is 5.76. The topological polar surface area (TPSA) is 32.5 Å². The van der Waals surface area contributed by atoms with Crippen molar-refractivity contribution in [3.8, 4) is 0 Å². The van der Waals surface area contributed by atoms with Crippen LogP contribution in [-0.2, 0) is 0 Å². The minimum atomic E-state index is 0.259. The van der Waals surface area contributed by atoms with Crippen LogP contribution in [0.25, 0.3) is 0 Å². The van der Waals surface area contributed by atoms with Crippen LogP contribution in [0.2, 0.25) is 0 Å². The average Bonchev–Trinajstić information content (AvgIpc) is 2.38. The van der Waals surface area contributed by atoms with Crippen LogP contribution in [0.4, 0.5) is 0 Å². The number of hydrogen-bond acceptors (Lipinski definition) is 3. The van der Waals surface area contributed by atoms with Crippen LogP contribution in [0.15, 0.2) is 0 Å². The molecular formula is C14H31N3. The van der Waals surface area contributed by atoms with Gasteiger partial charge in [0.05, 0.1) is 0 Å². The van der Waals surface area contributed by atoms with Crippen molar-refractivity contribution >= 4 is 0 Å². The summed E-state index contributed by atoms with van der Waals surface area (Å²) >= 11 is 0. The molecule has 1 unspecified atom stereocenters. The van der Waals surface area contributed by atoms with Gasteiger partial charge in [-0.25, -0.2) is 0 Å². The molecule has 3 nitrogen and oxygen atoms in total. The molecule has 1 rings (SSSR count). The van der Waals surface area contributed by atoms with E-state index in [1.165, 1.54) is 45.4 Å². The van der Waals surface area contributed by atoms with Gasteiger partial charge in [0, 0.05) is 18.6 Å². The summed E-state index contributed by atoms with van der Waals surface area (Å²) in [6.45, 7) is 12.4. The lowest BCUT2D eigenvalue weighted by Gasteiger charge is -2.47. The first-order valence-corrected chi connectivity index (χ1v) is 7.21. The number of likely N-dealkylation sites (N-methyl/N-ethyl adjacent to an activating group) is 1. The van der Waals surface area contributed by atoms with Crippen molar-refractivity contribution in [3.05, 3.63) is 0 Å². The number of nitrogens with two attached hydrogens (primary N) is 1. The van der Waals surface area contributed by atoms with Gasteiger partial charge in [0.2, 0.25) is 0 Å². The SMILES string of the molecule is CCC(C)CN(C)C1(CN)CCN(CC)CC1. The van der Waals surface area contributed by atoms with E-state index in [0.29, 0.717) is 0 Å². The molecule has 1 aliphatic heterocycles. The van der Waals surface area contributed by atoms with Gasteiger partial charge in [0.25, 0.3) is 0 Å². The number of nitrogens with zero attached hydrogens (tertiary/aromatic N) is 2. The third-order valence-electron chi connectivity index (χ3n) is 4.71. The minimum Gasteiger partial charge on any atom is -0.329 e. The van der Waals surface area contributed by atoms with E-state index < -0.39 is 0 Å². The van der Waals surface area contributed by atoms with Crippen molar-refractivity contribution in [1.29, 1.82) is 0 Å². The van der Waals surface area contributed by atoms with Crippen LogP contribution >= 0.6 is 0 Å². The summed E-state index contributed by atoms with van der Waals surface area (Å²) < 4.78 is 0. The smallest absolute Gasteiger partial charge is 0.0353 e. The van der Waals surface area contributed by atoms with Crippen molar-refractivity contribution in [2.45, 2.75) is 45.6 Å². The Hall–Kier alpha value is -0.120. The quantitative estimate of drug-likeness (QED) is 0.769. The first-order chi connectivity index (χ1) is 8.07. The maximum absolute atomic E-state index is 6.08. The van der Waals surface area contributed by atoms with Crippen LogP contribution < -0.4 is 5.73 Å². The summed E-state index contributed by atoms with van der Waals surface area (Å²) in [5.41, 5.74) is 6.34. The van der Waals surface area contributed by atoms with Gasteiger partial charge in [-0.15, -0.1) is 0 Å². The molecule has 0 aromatic rings. The molecule has 1 heterocycles. The van der Waals surface area contributed by atoms with E-state index >= 15 is 0 Å².